The molecule has 1 atom stereocenters. The largest absolute Gasteiger partial charge is 0.394 e. The highest BCUT2D eigenvalue weighted by Crippen LogP contribution is 2.18. The Kier molecular flexibility index (Phi) is 2.23. The summed E-state index contributed by atoms with van der Waals surface area (Å²) in [5.41, 5.74) is 1.02. The first kappa shape index (κ1) is 8.19. The monoisotopic (exact) mass is 177 g/mol. The molecule has 1 N–H and O–H groups in total. The van der Waals surface area contributed by atoms with Gasteiger partial charge in [0.1, 0.15) is 6.04 Å². The smallest absolute Gasteiger partial charge is 0.116 e. The van der Waals surface area contributed by atoms with E-state index in [0.29, 0.717) is 6.54 Å². The van der Waals surface area contributed by atoms with Crippen LogP contribution in [0, 0.1) is 0 Å². The van der Waals surface area contributed by atoms with Crippen molar-refractivity contribution < 1.29 is 5.11 Å². The Morgan fingerprint density at radius 2 is 2.15 bits per heavy atom. The van der Waals surface area contributed by atoms with Crippen molar-refractivity contribution in [2.24, 2.45) is 10.3 Å². The molecule has 1 heterocycles. The van der Waals surface area contributed by atoms with Gasteiger partial charge in [0, 0.05) is 0 Å². The lowest BCUT2D eigenvalue weighted by Crippen LogP contribution is -2.22. The zero-order valence-corrected chi connectivity index (χ0v) is 7.17. The van der Waals surface area contributed by atoms with Crippen molar-refractivity contribution in [3.8, 4) is 0 Å². The summed E-state index contributed by atoms with van der Waals surface area (Å²) in [5, 5.41) is 18.5. The minimum absolute atomic E-state index is 0.0623. The zero-order valence-electron chi connectivity index (χ0n) is 7.17. The average Bonchev–Trinajstić information content (AvgIpc) is 2.67. The van der Waals surface area contributed by atoms with Gasteiger partial charge in [-0.05, 0) is 12.1 Å². The molecule has 0 radical (unpaired) electrons. The van der Waals surface area contributed by atoms with Crippen LogP contribution in [0.5, 0.6) is 0 Å². The molecule has 4 heteroatoms. The molecule has 0 amide bonds. The molecule has 13 heavy (non-hydrogen) atoms. The van der Waals surface area contributed by atoms with E-state index in [1.165, 1.54) is 0 Å². The van der Waals surface area contributed by atoms with Gasteiger partial charge in [-0.15, -0.1) is 0 Å². The van der Waals surface area contributed by atoms with E-state index in [1.54, 1.807) is 5.01 Å². The topological polar surface area (TPSA) is 48.2 Å². The molecular formula is C9H11N3O. The molecule has 68 valence electrons. The van der Waals surface area contributed by atoms with Gasteiger partial charge in [0.05, 0.1) is 18.8 Å². The first-order valence-corrected chi connectivity index (χ1v) is 4.24. The lowest BCUT2D eigenvalue weighted by Gasteiger charge is -2.12. The van der Waals surface area contributed by atoms with Crippen LogP contribution in [-0.4, -0.2) is 24.3 Å². The highest BCUT2D eigenvalue weighted by molar-refractivity contribution is 5.45. The number of hydrogen-bond donors (Lipinski definition) is 1. The Balaban J connectivity index is 2.09. The van der Waals surface area contributed by atoms with Crippen LogP contribution >= 0.6 is 0 Å². The second kappa shape index (κ2) is 3.53. The molecule has 0 aromatic heterocycles. The van der Waals surface area contributed by atoms with Gasteiger partial charge in [-0.25, -0.2) is 5.01 Å². The number of hydrogen-bond acceptors (Lipinski definition) is 4. The molecule has 1 aliphatic rings. The van der Waals surface area contributed by atoms with Crippen LogP contribution in [0.25, 0.3) is 0 Å². The second-order valence-corrected chi connectivity index (χ2v) is 2.96. The number of para-hydroxylation sites is 1. The molecule has 0 spiro atoms. The van der Waals surface area contributed by atoms with Crippen LogP contribution < -0.4 is 5.01 Å². The summed E-state index contributed by atoms with van der Waals surface area (Å²) in [6.07, 6.45) is 0. The zero-order chi connectivity index (χ0) is 9.10. The van der Waals surface area contributed by atoms with Gasteiger partial charge in [0.15, 0.2) is 0 Å². The van der Waals surface area contributed by atoms with E-state index in [-0.39, 0.29) is 12.6 Å². The Hall–Kier alpha value is -1.42. The Morgan fingerprint density at radius 1 is 1.38 bits per heavy atom. The molecule has 1 aromatic rings. The number of aliphatic hydroxyl groups excluding tert-OH is 1. The van der Waals surface area contributed by atoms with Gasteiger partial charge in [-0.2, -0.15) is 5.11 Å². The van der Waals surface area contributed by atoms with E-state index < -0.39 is 0 Å². The number of anilines is 1. The van der Waals surface area contributed by atoms with Gasteiger partial charge in [-0.1, -0.05) is 23.4 Å². The van der Waals surface area contributed by atoms with Gasteiger partial charge >= 0.3 is 0 Å². The maximum absolute atomic E-state index is 8.85. The summed E-state index contributed by atoms with van der Waals surface area (Å²) in [7, 11) is 0. The predicted molar refractivity (Wildman–Crippen MR) is 49.5 cm³/mol. The van der Waals surface area contributed by atoms with E-state index in [4.69, 9.17) is 5.11 Å². The quantitative estimate of drug-likeness (QED) is 0.738. The third kappa shape index (κ3) is 1.67. The van der Waals surface area contributed by atoms with Crippen molar-refractivity contribution in [3.63, 3.8) is 0 Å². The Labute approximate surface area is 76.5 Å². The van der Waals surface area contributed by atoms with Gasteiger partial charge < -0.3 is 5.11 Å². The highest BCUT2D eigenvalue weighted by atomic mass is 16.3. The van der Waals surface area contributed by atoms with Crippen LogP contribution in [0.2, 0.25) is 0 Å². The van der Waals surface area contributed by atoms with Crippen molar-refractivity contribution in [3.05, 3.63) is 30.3 Å². The predicted octanol–water partition coefficient (Wildman–Crippen LogP) is 1.23. The van der Waals surface area contributed by atoms with Gasteiger partial charge in [0.2, 0.25) is 0 Å². The summed E-state index contributed by atoms with van der Waals surface area (Å²) in [6, 6.07) is 9.74. The van der Waals surface area contributed by atoms with Crippen molar-refractivity contribution in [1.29, 1.82) is 0 Å². The minimum Gasteiger partial charge on any atom is -0.394 e. The van der Waals surface area contributed by atoms with Gasteiger partial charge in [0.25, 0.3) is 0 Å². The standard InChI is InChI=1S/C9H11N3O/c13-7-8-6-12(11-10-8)9-4-2-1-3-5-9/h1-5,8,13H,6-7H2. The molecule has 2 rings (SSSR count). The summed E-state index contributed by atoms with van der Waals surface area (Å²) in [5.74, 6) is 0. The highest BCUT2D eigenvalue weighted by Gasteiger charge is 2.18. The maximum Gasteiger partial charge on any atom is 0.116 e. The molecule has 0 bridgehead atoms. The summed E-state index contributed by atoms with van der Waals surface area (Å²) >= 11 is 0. The first-order chi connectivity index (χ1) is 6.40. The normalized spacial score (nSPS) is 21.0. The van der Waals surface area contributed by atoms with Crippen LogP contribution in [0.3, 0.4) is 0 Å². The fraction of sp³-hybridized carbons (Fsp3) is 0.333. The first-order valence-electron chi connectivity index (χ1n) is 4.24. The molecule has 1 aromatic carbocycles. The summed E-state index contributed by atoms with van der Waals surface area (Å²) < 4.78 is 0. The Morgan fingerprint density at radius 3 is 2.77 bits per heavy atom. The number of nitrogens with zero attached hydrogens (tertiary/aromatic N) is 3. The molecule has 0 fully saturated rings. The molecule has 0 saturated carbocycles. The second-order valence-electron chi connectivity index (χ2n) is 2.96. The maximum atomic E-state index is 8.85. The fourth-order valence-corrected chi connectivity index (χ4v) is 1.26. The van der Waals surface area contributed by atoms with Gasteiger partial charge in [-0.3, -0.25) is 0 Å². The lowest BCUT2D eigenvalue weighted by molar-refractivity contribution is 0.272. The molecular weight excluding hydrogens is 166 g/mol. The molecule has 0 aliphatic carbocycles. The minimum atomic E-state index is -0.0693. The molecule has 1 aliphatic heterocycles. The van der Waals surface area contributed by atoms with E-state index in [0.717, 1.165) is 5.69 Å². The van der Waals surface area contributed by atoms with Crippen molar-refractivity contribution >= 4 is 5.69 Å². The molecule has 0 saturated heterocycles. The van der Waals surface area contributed by atoms with E-state index >= 15 is 0 Å². The van der Waals surface area contributed by atoms with Crippen LogP contribution in [0.15, 0.2) is 40.7 Å². The lowest BCUT2D eigenvalue weighted by atomic mass is 10.3. The molecule has 1 unspecified atom stereocenters. The number of benzene rings is 1. The van der Waals surface area contributed by atoms with Crippen LogP contribution in [0.4, 0.5) is 5.69 Å². The molecule has 4 nitrogen and oxygen atoms in total. The third-order valence-electron chi connectivity index (χ3n) is 1.97. The van der Waals surface area contributed by atoms with E-state index in [1.807, 2.05) is 30.3 Å². The van der Waals surface area contributed by atoms with E-state index in [2.05, 4.69) is 10.3 Å². The van der Waals surface area contributed by atoms with Crippen LogP contribution in [-0.2, 0) is 0 Å². The third-order valence-corrected chi connectivity index (χ3v) is 1.97. The summed E-state index contributed by atoms with van der Waals surface area (Å²) in [6.45, 7) is 0.730. The van der Waals surface area contributed by atoms with Crippen molar-refractivity contribution in [2.45, 2.75) is 6.04 Å². The SMILES string of the molecule is OCC1CN(c2ccccc2)N=N1. The van der Waals surface area contributed by atoms with Crippen LogP contribution in [0.1, 0.15) is 0 Å². The van der Waals surface area contributed by atoms with E-state index in [9.17, 15) is 0 Å². The average molecular weight is 177 g/mol. The Bertz CT molecular complexity index is 299. The van der Waals surface area contributed by atoms with Crippen molar-refractivity contribution in [2.75, 3.05) is 18.2 Å². The fourth-order valence-electron chi connectivity index (χ4n) is 1.26. The summed E-state index contributed by atoms with van der Waals surface area (Å²) in [4.78, 5) is 0. The van der Waals surface area contributed by atoms with Crippen molar-refractivity contribution in [1.82, 2.24) is 0 Å². The number of rotatable bonds is 2. The number of aliphatic hydroxyl groups is 1.